The van der Waals surface area contributed by atoms with Crippen LogP contribution in [0.4, 0.5) is 0 Å². The maximum Gasteiger partial charge on any atom is 0.472 e. The lowest BCUT2D eigenvalue weighted by molar-refractivity contribution is -0.870. The molecule has 0 fully saturated rings. The first-order valence-electron chi connectivity index (χ1n) is 25.9. The van der Waals surface area contributed by atoms with E-state index in [-0.39, 0.29) is 25.8 Å². The molecule has 0 aliphatic rings. The number of carbonyl (C=O) groups is 1. The molecular formula is C51H103NO7P+. The number of likely N-dealkylation sites (N-methyl/N-ethyl adjacent to an activating group) is 1. The minimum absolute atomic E-state index is 0.0908. The van der Waals surface area contributed by atoms with Crippen molar-refractivity contribution in [1.29, 1.82) is 0 Å². The third-order valence-corrected chi connectivity index (χ3v) is 12.6. The number of carbonyl (C=O) groups excluding carboxylic acids is 1. The maximum absolute atomic E-state index is 12.7. The van der Waals surface area contributed by atoms with E-state index in [1.807, 2.05) is 21.1 Å². The molecule has 0 aromatic heterocycles. The smallest absolute Gasteiger partial charge is 0.457 e. The molecule has 358 valence electrons. The van der Waals surface area contributed by atoms with E-state index in [4.69, 9.17) is 18.5 Å². The Labute approximate surface area is 373 Å². The number of hydrogen-bond donors (Lipinski definition) is 1. The lowest BCUT2D eigenvalue weighted by Gasteiger charge is -2.24. The first kappa shape index (κ1) is 59.2. The zero-order chi connectivity index (χ0) is 44.1. The zero-order valence-electron chi connectivity index (χ0n) is 40.7. The van der Waals surface area contributed by atoms with E-state index in [1.54, 1.807) is 0 Å². The molecule has 8 nitrogen and oxygen atoms in total. The molecule has 0 radical (unpaired) electrons. The molecule has 0 bridgehead atoms. The third-order valence-electron chi connectivity index (χ3n) is 11.6. The van der Waals surface area contributed by atoms with Gasteiger partial charge in [0.1, 0.15) is 19.3 Å². The summed E-state index contributed by atoms with van der Waals surface area (Å²) in [6.45, 7) is 5.64. The number of phosphoric acid groups is 1. The van der Waals surface area contributed by atoms with Gasteiger partial charge in [-0.3, -0.25) is 13.8 Å². The molecule has 0 saturated heterocycles. The van der Waals surface area contributed by atoms with Crippen molar-refractivity contribution < 1.29 is 37.3 Å². The molecular weight excluding hydrogens is 770 g/mol. The highest BCUT2D eigenvalue weighted by Crippen LogP contribution is 2.43. The van der Waals surface area contributed by atoms with Gasteiger partial charge in [0.25, 0.3) is 0 Å². The second-order valence-electron chi connectivity index (χ2n) is 18.9. The highest BCUT2D eigenvalue weighted by atomic mass is 31.2. The van der Waals surface area contributed by atoms with Gasteiger partial charge in [-0.15, -0.1) is 0 Å². The minimum Gasteiger partial charge on any atom is -0.457 e. The lowest BCUT2D eigenvalue weighted by atomic mass is 10.0. The van der Waals surface area contributed by atoms with Gasteiger partial charge < -0.3 is 18.9 Å². The van der Waals surface area contributed by atoms with Gasteiger partial charge in [0.15, 0.2) is 0 Å². The number of hydrogen-bond acceptors (Lipinski definition) is 6. The number of nitrogens with zero attached hydrogens (tertiary/aromatic N) is 1. The van der Waals surface area contributed by atoms with Crippen LogP contribution in [-0.2, 0) is 27.9 Å². The van der Waals surface area contributed by atoms with Crippen LogP contribution in [0.1, 0.15) is 251 Å². The van der Waals surface area contributed by atoms with Crippen molar-refractivity contribution in [3.05, 3.63) is 12.2 Å². The Morgan fingerprint density at radius 3 is 1.30 bits per heavy atom. The van der Waals surface area contributed by atoms with Gasteiger partial charge in [0.2, 0.25) is 0 Å². The van der Waals surface area contributed by atoms with E-state index in [9.17, 15) is 14.3 Å². The van der Waals surface area contributed by atoms with Crippen LogP contribution >= 0.6 is 7.82 Å². The molecule has 0 aromatic carbocycles. The van der Waals surface area contributed by atoms with E-state index in [1.165, 1.54) is 199 Å². The van der Waals surface area contributed by atoms with Crippen molar-refractivity contribution in [1.82, 2.24) is 0 Å². The standard InChI is InChI=1S/C51H102NO7P/c1-6-8-10-12-14-16-18-20-21-22-23-24-25-26-27-28-29-30-31-32-34-36-38-40-42-44-51(53)59-50(49-58-60(54,55)57-47-45-52(3,4)5)48-56-46-43-41-39-37-35-33-19-17-15-13-11-9-7-2/h15,17,50H,6-14,16,18-49H2,1-5H3/p+1/b17-15-. The van der Waals surface area contributed by atoms with Crippen LogP contribution in [0.2, 0.25) is 0 Å². The van der Waals surface area contributed by atoms with Crippen LogP contribution in [0.25, 0.3) is 0 Å². The van der Waals surface area contributed by atoms with Gasteiger partial charge in [-0.25, -0.2) is 4.57 Å². The molecule has 0 heterocycles. The van der Waals surface area contributed by atoms with Crippen LogP contribution in [0.3, 0.4) is 0 Å². The molecule has 60 heavy (non-hydrogen) atoms. The number of ether oxygens (including phenoxy) is 2. The quantitative estimate of drug-likeness (QED) is 0.0214. The second-order valence-corrected chi connectivity index (χ2v) is 20.4. The molecule has 0 amide bonds. The van der Waals surface area contributed by atoms with Crippen LogP contribution in [-0.4, -0.2) is 75.6 Å². The molecule has 0 aromatic rings. The van der Waals surface area contributed by atoms with Gasteiger partial charge >= 0.3 is 13.8 Å². The summed E-state index contributed by atoms with van der Waals surface area (Å²) in [6, 6.07) is 0. The normalized spacial score (nSPS) is 13.6. The van der Waals surface area contributed by atoms with Crippen molar-refractivity contribution in [2.45, 2.75) is 258 Å². The van der Waals surface area contributed by atoms with Crippen molar-refractivity contribution in [2.24, 2.45) is 0 Å². The predicted molar refractivity (Wildman–Crippen MR) is 257 cm³/mol. The van der Waals surface area contributed by atoms with E-state index >= 15 is 0 Å². The number of allylic oxidation sites excluding steroid dienone is 2. The van der Waals surface area contributed by atoms with Crippen molar-refractivity contribution in [3.63, 3.8) is 0 Å². The van der Waals surface area contributed by atoms with Crippen molar-refractivity contribution >= 4 is 13.8 Å². The highest BCUT2D eigenvalue weighted by Gasteiger charge is 2.26. The lowest BCUT2D eigenvalue weighted by Crippen LogP contribution is -2.37. The van der Waals surface area contributed by atoms with Crippen LogP contribution in [0.5, 0.6) is 0 Å². The van der Waals surface area contributed by atoms with Crippen LogP contribution < -0.4 is 0 Å². The number of phosphoric ester groups is 1. The van der Waals surface area contributed by atoms with Crippen molar-refractivity contribution in [3.8, 4) is 0 Å². The summed E-state index contributed by atoms with van der Waals surface area (Å²) in [5.41, 5.74) is 0. The largest absolute Gasteiger partial charge is 0.472 e. The third kappa shape index (κ3) is 48.3. The summed E-state index contributed by atoms with van der Waals surface area (Å²) in [6.07, 6.45) is 51.2. The Bertz CT molecular complexity index is 972. The van der Waals surface area contributed by atoms with Gasteiger partial charge in [-0.05, 0) is 38.5 Å². The molecule has 0 spiro atoms. The molecule has 0 aliphatic carbocycles. The zero-order valence-corrected chi connectivity index (χ0v) is 41.6. The Morgan fingerprint density at radius 1 is 0.500 bits per heavy atom. The van der Waals surface area contributed by atoms with Gasteiger partial charge in [0.05, 0.1) is 34.4 Å². The Kier molecular flexibility index (Phi) is 44.3. The number of esters is 1. The van der Waals surface area contributed by atoms with Crippen molar-refractivity contribution in [2.75, 3.05) is 54.1 Å². The summed E-state index contributed by atoms with van der Waals surface area (Å²) in [5.74, 6) is -0.309. The number of quaternary nitrogens is 1. The maximum atomic E-state index is 12.7. The molecule has 2 unspecified atom stereocenters. The minimum atomic E-state index is -4.27. The summed E-state index contributed by atoms with van der Waals surface area (Å²) in [5, 5.41) is 0. The monoisotopic (exact) mass is 873 g/mol. The fourth-order valence-electron chi connectivity index (χ4n) is 7.55. The van der Waals surface area contributed by atoms with E-state index < -0.39 is 13.9 Å². The van der Waals surface area contributed by atoms with E-state index in [0.717, 1.165) is 32.1 Å². The first-order chi connectivity index (χ1) is 29.1. The highest BCUT2D eigenvalue weighted by molar-refractivity contribution is 7.47. The van der Waals surface area contributed by atoms with Gasteiger partial charge in [-0.2, -0.15) is 0 Å². The first-order valence-corrected chi connectivity index (χ1v) is 27.4. The Balaban J connectivity index is 4.01. The van der Waals surface area contributed by atoms with Crippen LogP contribution in [0.15, 0.2) is 12.2 Å². The molecule has 0 aliphatic heterocycles. The second kappa shape index (κ2) is 44.8. The van der Waals surface area contributed by atoms with Crippen LogP contribution in [0, 0.1) is 0 Å². The number of rotatable bonds is 49. The summed E-state index contributed by atoms with van der Waals surface area (Å²) < 4.78 is 35.1. The molecule has 9 heteroatoms. The summed E-state index contributed by atoms with van der Waals surface area (Å²) in [4.78, 5) is 23.0. The SMILES string of the molecule is CCCCC/C=C\CCCCCCCCOCC(COP(=O)(O)OCC[N+](C)(C)C)OC(=O)CCCCCCCCCCCCCCCCCCCCCCCCCCC. The van der Waals surface area contributed by atoms with E-state index in [2.05, 4.69) is 26.0 Å². The predicted octanol–water partition coefficient (Wildman–Crippen LogP) is 15.8. The van der Waals surface area contributed by atoms with Gasteiger partial charge in [-0.1, -0.05) is 219 Å². The van der Waals surface area contributed by atoms with E-state index in [0.29, 0.717) is 24.1 Å². The fourth-order valence-corrected chi connectivity index (χ4v) is 8.29. The topological polar surface area (TPSA) is 91.3 Å². The molecule has 0 saturated carbocycles. The average molecular weight is 873 g/mol. The summed E-state index contributed by atoms with van der Waals surface area (Å²) in [7, 11) is 1.68. The molecule has 2 atom stereocenters. The average Bonchev–Trinajstić information content (AvgIpc) is 3.20. The Morgan fingerprint density at radius 2 is 0.867 bits per heavy atom. The fraction of sp³-hybridized carbons (Fsp3) is 0.941. The van der Waals surface area contributed by atoms with Gasteiger partial charge in [0, 0.05) is 13.0 Å². The Hall–Kier alpha value is -0.760. The summed E-state index contributed by atoms with van der Waals surface area (Å²) >= 11 is 0. The number of unbranched alkanes of at least 4 members (excludes halogenated alkanes) is 33. The molecule has 1 N–H and O–H groups in total. The molecule has 0 rings (SSSR count).